The Kier molecular flexibility index (Phi) is 8.86. The van der Waals surface area contributed by atoms with Crippen LogP contribution in [0, 0.1) is 11.6 Å². The molecule has 0 atom stereocenters. The molecule has 238 valence electrons. The van der Waals surface area contributed by atoms with Gasteiger partial charge in [0.1, 0.15) is 23.3 Å². The zero-order valence-corrected chi connectivity index (χ0v) is 25.5. The number of halogens is 3. The van der Waals surface area contributed by atoms with E-state index in [9.17, 15) is 18.4 Å². The minimum atomic E-state index is -2.80. The molecule has 13 nitrogen and oxygen atoms in total. The van der Waals surface area contributed by atoms with E-state index >= 15 is 0 Å². The van der Waals surface area contributed by atoms with Crippen LogP contribution < -0.4 is 20.7 Å². The van der Waals surface area contributed by atoms with Crippen LogP contribution in [0.4, 0.5) is 30.8 Å². The zero-order chi connectivity index (χ0) is 35.4. The minimum Gasteiger partial charge on any atom is -0.494 e. The third kappa shape index (κ3) is 8.39. The Hall–Kier alpha value is -4.89. The molecule has 0 radical (unpaired) electrons. The number of amides is 2. The summed E-state index contributed by atoms with van der Waals surface area (Å²) in [6.07, 6.45) is 1.67. The van der Waals surface area contributed by atoms with Crippen LogP contribution in [0.5, 0.6) is 5.75 Å². The first-order chi connectivity index (χ1) is 22.4. The second-order valence-corrected chi connectivity index (χ2v) is 10.8. The van der Waals surface area contributed by atoms with Gasteiger partial charge >= 0.3 is 6.09 Å². The molecular weight excluding hydrogens is 614 g/mol. The third-order valence-corrected chi connectivity index (χ3v) is 6.02. The summed E-state index contributed by atoms with van der Waals surface area (Å²) in [6, 6.07) is 5.25. The van der Waals surface area contributed by atoms with Crippen molar-refractivity contribution in [3.05, 3.63) is 70.4 Å². The fourth-order valence-electron chi connectivity index (χ4n) is 4.05. The molecule has 0 saturated heterocycles. The molecule has 0 saturated carbocycles. The van der Waals surface area contributed by atoms with Gasteiger partial charge in [0.05, 0.1) is 31.6 Å². The quantitative estimate of drug-likeness (QED) is 0.191. The maximum absolute atomic E-state index is 14.7. The van der Waals surface area contributed by atoms with Crippen LogP contribution in [0.2, 0.25) is 5.28 Å². The number of hydrogen-bond donors (Lipinski definition) is 3. The maximum Gasteiger partial charge on any atom is 0.412 e. The van der Waals surface area contributed by atoms with E-state index in [1.165, 1.54) is 24.2 Å². The molecule has 45 heavy (non-hydrogen) atoms. The second kappa shape index (κ2) is 13.8. The molecule has 2 heterocycles. The molecule has 0 aliphatic heterocycles. The fourth-order valence-corrected chi connectivity index (χ4v) is 4.19. The number of hydrogen-bond acceptors (Lipinski definition) is 10. The monoisotopic (exact) mass is 647 g/mol. The standard InChI is InChI=1S/C29H31ClF2N8O5/c1-29(2,3)45-28(42)36-17-9-16(22(32)20(31)10-17)13-44-12-15-7-18(24-35-14-40(5)39-24)23(43-6)21(8-15)37-25-19(26(41)33-4)11-34-27(30)38-25/h7-11,14H,12-13H2,1-6H3,(H,33,41)(H,36,42)(H,34,37,38)/i4D3. The number of methoxy groups -OCH3 is 1. The van der Waals surface area contributed by atoms with Crippen LogP contribution in [0.25, 0.3) is 11.4 Å². The highest BCUT2D eigenvalue weighted by Crippen LogP contribution is 2.38. The number of aryl methyl sites for hydroxylation is 1. The average Bonchev–Trinajstić information content (AvgIpc) is 3.39. The van der Waals surface area contributed by atoms with Gasteiger partial charge in [0.2, 0.25) is 5.28 Å². The smallest absolute Gasteiger partial charge is 0.412 e. The zero-order valence-electron chi connectivity index (χ0n) is 27.8. The summed E-state index contributed by atoms with van der Waals surface area (Å²) >= 11 is 6.01. The number of carbonyl (C=O) groups excluding carboxylic acids is 2. The molecule has 3 N–H and O–H groups in total. The van der Waals surface area contributed by atoms with Crippen LogP contribution in [-0.2, 0) is 29.7 Å². The number of ether oxygens (including phenoxy) is 3. The summed E-state index contributed by atoms with van der Waals surface area (Å²) in [5.41, 5.74) is -0.235. The van der Waals surface area contributed by atoms with Gasteiger partial charge in [-0.05, 0) is 56.1 Å². The number of benzene rings is 2. The fraction of sp³-hybridized carbons (Fsp3) is 0.310. The Balaban J connectivity index is 1.66. The lowest BCUT2D eigenvalue weighted by molar-refractivity contribution is 0.0635. The number of carbonyl (C=O) groups is 2. The van der Waals surface area contributed by atoms with Crippen LogP contribution in [0.15, 0.2) is 36.8 Å². The van der Waals surface area contributed by atoms with Crippen molar-refractivity contribution in [2.24, 2.45) is 7.05 Å². The van der Waals surface area contributed by atoms with Crippen LogP contribution in [0.3, 0.4) is 0 Å². The molecule has 16 heteroatoms. The van der Waals surface area contributed by atoms with E-state index in [1.807, 2.05) is 5.32 Å². The number of nitrogens with one attached hydrogen (secondary N) is 3. The van der Waals surface area contributed by atoms with Gasteiger partial charge in [-0.2, -0.15) is 10.1 Å². The molecule has 0 unspecified atom stereocenters. The molecule has 0 bridgehead atoms. The van der Waals surface area contributed by atoms with Gasteiger partial charge < -0.3 is 24.8 Å². The van der Waals surface area contributed by atoms with E-state index in [0.717, 1.165) is 12.3 Å². The van der Waals surface area contributed by atoms with Crippen LogP contribution in [-0.4, -0.2) is 56.4 Å². The summed E-state index contributed by atoms with van der Waals surface area (Å²) in [5, 5.41) is 11.3. The second-order valence-electron chi connectivity index (χ2n) is 10.5. The van der Waals surface area contributed by atoms with Crippen molar-refractivity contribution in [3.63, 3.8) is 0 Å². The largest absolute Gasteiger partial charge is 0.494 e. The average molecular weight is 648 g/mol. The molecule has 2 aromatic carbocycles. The molecule has 4 rings (SSSR count). The maximum atomic E-state index is 14.7. The molecule has 0 aliphatic rings. The van der Waals surface area contributed by atoms with Gasteiger partial charge in [0, 0.05) is 41.6 Å². The van der Waals surface area contributed by atoms with E-state index in [0.29, 0.717) is 11.1 Å². The SMILES string of the molecule is [2H]C([2H])([2H])NC(=O)c1cnc(Cl)nc1Nc1cc(COCc2cc(NC(=O)OC(C)(C)C)cc(F)c2F)cc(-c2ncn(C)n2)c1OC. The van der Waals surface area contributed by atoms with Gasteiger partial charge in [-0.1, -0.05) is 0 Å². The number of aromatic nitrogens is 5. The van der Waals surface area contributed by atoms with Crippen molar-refractivity contribution in [1.29, 1.82) is 0 Å². The molecular formula is C29H31ClF2N8O5. The van der Waals surface area contributed by atoms with Crippen LogP contribution >= 0.6 is 11.6 Å². The first-order valence-corrected chi connectivity index (χ1v) is 13.5. The van der Waals surface area contributed by atoms with Gasteiger partial charge in [-0.3, -0.25) is 14.8 Å². The van der Waals surface area contributed by atoms with Gasteiger partial charge in [-0.25, -0.2) is 23.5 Å². The normalized spacial score (nSPS) is 12.5. The molecule has 2 aromatic heterocycles. The summed E-state index contributed by atoms with van der Waals surface area (Å²) in [5.74, 6) is -3.07. The summed E-state index contributed by atoms with van der Waals surface area (Å²) in [6.45, 7) is 1.61. The summed E-state index contributed by atoms with van der Waals surface area (Å²) in [4.78, 5) is 37.1. The van der Waals surface area contributed by atoms with E-state index in [-0.39, 0.29) is 51.8 Å². The lowest BCUT2D eigenvalue weighted by Gasteiger charge is -2.20. The Bertz CT molecular complexity index is 1840. The molecule has 0 aliphatic carbocycles. The molecule has 0 spiro atoms. The Morgan fingerprint density at radius 1 is 1.13 bits per heavy atom. The molecule has 0 fully saturated rings. The molecule has 2 amide bonds. The first kappa shape index (κ1) is 28.9. The third-order valence-electron chi connectivity index (χ3n) is 5.84. The number of nitrogens with zero attached hydrogens (tertiary/aromatic N) is 5. The lowest BCUT2D eigenvalue weighted by atomic mass is 10.1. The van der Waals surface area contributed by atoms with Gasteiger partial charge in [0.15, 0.2) is 23.2 Å². The van der Waals surface area contributed by atoms with Crippen molar-refractivity contribution in [3.8, 4) is 17.1 Å². The first-order valence-electron chi connectivity index (χ1n) is 14.7. The highest BCUT2D eigenvalue weighted by Gasteiger charge is 2.21. The number of rotatable bonds is 10. The minimum absolute atomic E-state index is 0.0389. The molecule has 4 aromatic rings. The Morgan fingerprint density at radius 3 is 2.58 bits per heavy atom. The van der Waals surface area contributed by atoms with Crippen molar-refractivity contribution in [1.82, 2.24) is 30.0 Å². The van der Waals surface area contributed by atoms with E-state index < -0.39 is 42.8 Å². The highest BCUT2D eigenvalue weighted by molar-refractivity contribution is 6.28. The van der Waals surface area contributed by atoms with Crippen LogP contribution in [0.1, 0.15) is 46.4 Å². The van der Waals surface area contributed by atoms with Crippen molar-refractivity contribution < 1.29 is 36.7 Å². The summed E-state index contributed by atoms with van der Waals surface area (Å²) in [7, 11) is 3.04. The van der Waals surface area contributed by atoms with Gasteiger partial charge in [0.25, 0.3) is 5.91 Å². The van der Waals surface area contributed by atoms with Gasteiger partial charge in [-0.15, -0.1) is 0 Å². The Labute approximate surface area is 266 Å². The predicted octanol–water partition coefficient (Wildman–Crippen LogP) is 5.38. The Morgan fingerprint density at radius 2 is 1.91 bits per heavy atom. The summed E-state index contributed by atoms with van der Waals surface area (Å²) < 4.78 is 69.3. The van der Waals surface area contributed by atoms with E-state index in [4.69, 9.17) is 29.9 Å². The van der Waals surface area contributed by atoms with Crippen molar-refractivity contribution in [2.45, 2.75) is 39.6 Å². The van der Waals surface area contributed by atoms with E-state index in [2.05, 4.69) is 30.7 Å². The lowest BCUT2D eigenvalue weighted by Crippen LogP contribution is -2.27. The van der Waals surface area contributed by atoms with E-state index in [1.54, 1.807) is 40.0 Å². The predicted molar refractivity (Wildman–Crippen MR) is 161 cm³/mol. The van der Waals surface area contributed by atoms with Crippen molar-refractivity contribution in [2.75, 3.05) is 24.7 Å². The highest BCUT2D eigenvalue weighted by atomic mass is 35.5. The topological polar surface area (TPSA) is 154 Å². The number of anilines is 3. The van der Waals surface area contributed by atoms with Crippen molar-refractivity contribution >= 4 is 40.8 Å².